The summed E-state index contributed by atoms with van der Waals surface area (Å²) in [6, 6.07) is 2.33. The van der Waals surface area contributed by atoms with E-state index in [1.54, 1.807) is 0 Å². The topological polar surface area (TPSA) is 47.3 Å². The first-order chi connectivity index (χ1) is 6.97. The summed E-state index contributed by atoms with van der Waals surface area (Å²) >= 11 is 0. The second kappa shape index (κ2) is 4.96. The maximum absolute atomic E-state index is 10.2. The van der Waals surface area contributed by atoms with Gasteiger partial charge in [-0.15, -0.1) is 0 Å². The molecule has 0 radical (unpaired) electrons. The van der Waals surface area contributed by atoms with Crippen LogP contribution in [0.15, 0.2) is 0 Å². The Labute approximate surface area is 92.7 Å². The Morgan fingerprint density at radius 2 is 2.20 bits per heavy atom. The van der Waals surface area contributed by atoms with Gasteiger partial charge >= 0.3 is 0 Å². The highest BCUT2D eigenvalue weighted by molar-refractivity contribution is 4.96. The summed E-state index contributed by atoms with van der Waals surface area (Å²) in [6.45, 7) is 7.46. The molecule has 1 aliphatic rings. The van der Waals surface area contributed by atoms with Crippen LogP contribution in [0, 0.1) is 17.2 Å². The van der Waals surface area contributed by atoms with E-state index < -0.39 is 5.60 Å². The number of β-amino-alcohol motifs (C(OH)–C–C–N with tert-alkyl or cyclic N) is 1. The van der Waals surface area contributed by atoms with Gasteiger partial charge in [0, 0.05) is 6.54 Å². The minimum absolute atomic E-state index is 0.00368. The van der Waals surface area contributed by atoms with Crippen LogP contribution in [0.25, 0.3) is 0 Å². The van der Waals surface area contributed by atoms with Crippen LogP contribution in [-0.4, -0.2) is 34.7 Å². The molecule has 0 aromatic heterocycles. The molecule has 15 heavy (non-hydrogen) atoms. The molecule has 1 N–H and O–H groups in total. The van der Waals surface area contributed by atoms with E-state index in [0.29, 0.717) is 6.54 Å². The highest BCUT2D eigenvalue weighted by atomic mass is 16.3. The van der Waals surface area contributed by atoms with Gasteiger partial charge in [-0.1, -0.05) is 13.8 Å². The van der Waals surface area contributed by atoms with Gasteiger partial charge in [0.1, 0.15) is 0 Å². The molecular weight excluding hydrogens is 188 g/mol. The fraction of sp³-hybridized carbons (Fsp3) is 0.917. The van der Waals surface area contributed by atoms with Gasteiger partial charge in [0.25, 0.3) is 0 Å². The van der Waals surface area contributed by atoms with Crippen LogP contribution in [-0.2, 0) is 0 Å². The molecule has 86 valence electrons. The number of likely N-dealkylation sites (tertiary alicyclic amines) is 1. The summed E-state index contributed by atoms with van der Waals surface area (Å²) in [7, 11) is 0. The van der Waals surface area contributed by atoms with Gasteiger partial charge in [-0.2, -0.15) is 5.26 Å². The summed E-state index contributed by atoms with van der Waals surface area (Å²) < 4.78 is 0. The highest BCUT2D eigenvalue weighted by Crippen LogP contribution is 2.23. The number of hydrogen-bond donors (Lipinski definition) is 1. The first kappa shape index (κ1) is 12.5. The van der Waals surface area contributed by atoms with Gasteiger partial charge in [0.05, 0.1) is 17.7 Å². The highest BCUT2D eigenvalue weighted by Gasteiger charge is 2.32. The maximum Gasteiger partial charge on any atom is 0.0978 e. The van der Waals surface area contributed by atoms with Gasteiger partial charge in [-0.3, -0.25) is 4.90 Å². The number of nitriles is 1. The molecule has 2 atom stereocenters. The van der Waals surface area contributed by atoms with E-state index in [-0.39, 0.29) is 12.0 Å². The van der Waals surface area contributed by atoms with Crippen LogP contribution in [0.5, 0.6) is 0 Å². The molecular formula is C12H22N2O. The number of nitrogens with zero attached hydrogens (tertiary/aromatic N) is 2. The van der Waals surface area contributed by atoms with Crippen molar-refractivity contribution < 1.29 is 5.11 Å². The van der Waals surface area contributed by atoms with Crippen molar-refractivity contribution in [2.75, 3.05) is 13.1 Å². The van der Waals surface area contributed by atoms with Gasteiger partial charge in [-0.05, 0) is 38.6 Å². The molecule has 0 bridgehead atoms. The van der Waals surface area contributed by atoms with Gasteiger partial charge in [0.15, 0.2) is 0 Å². The van der Waals surface area contributed by atoms with Crippen LogP contribution < -0.4 is 0 Å². The molecule has 0 aliphatic carbocycles. The SMILES string of the molecule is CC(C)C(C)(O)CN1CCCCC1C#N. The lowest BCUT2D eigenvalue weighted by Crippen LogP contribution is -2.49. The number of piperidine rings is 1. The largest absolute Gasteiger partial charge is 0.389 e. The first-order valence-corrected chi connectivity index (χ1v) is 5.83. The fourth-order valence-electron chi connectivity index (χ4n) is 1.92. The predicted molar refractivity (Wildman–Crippen MR) is 60.3 cm³/mol. The lowest BCUT2D eigenvalue weighted by atomic mass is 9.90. The van der Waals surface area contributed by atoms with E-state index in [4.69, 9.17) is 5.26 Å². The fourth-order valence-corrected chi connectivity index (χ4v) is 1.92. The first-order valence-electron chi connectivity index (χ1n) is 5.83. The lowest BCUT2D eigenvalue weighted by molar-refractivity contribution is -0.0294. The minimum atomic E-state index is -0.688. The van der Waals surface area contributed by atoms with Crippen molar-refractivity contribution in [2.24, 2.45) is 5.92 Å². The van der Waals surface area contributed by atoms with Gasteiger partial charge < -0.3 is 5.11 Å². The van der Waals surface area contributed by atoms with Crippen LogP contribution in [0.3, 0.4) is 0 Å². The second-order valence-corrected chi connectivity index (χ2v) is 5.12. The monoisotopic (exact) mass is 210 g/mol. The predicted octanol–water partition coefficient (Wildman–Crippen LogP) is 1.77. The minimum Gasteiger partial charge on any atom is -0.389 e. The molecule has 0 spiro atoms. The average Bonchev–Trinajstić information content (AvgIpc) is 2.18. The Hall–Kier alpha value is -0.590. The van der Waals surface area contributed by atoms with E-state index in [0.717, 1.165) is 25.8 Å². The molecule has 1 fully saturated rings. The quantitative estimate of drug-likeness (QED) is 0.772. The zero-order valence-electron chi connectivity index (χ0n) is 10.0. The molecule has 1 rings (SSSR count). The van der Waals surface area contributed by atoms with Crippen LogP contribution in [0.4, 0.5) is 0 Å². The Kier molecular flexibility index (Phi) is 4.12. The molecule has 0 saturated carbocycles. The molecule has 3 nitrogen and oxygen atoms in total. The third kappa shape index (κ3) is 3.19. The Morgan fingerprint density at radius 3 is 2.73 bits per heavy atom. The molecule has 2 unspecified atom stereocenters. The summed E-state index contributed by atoms with van der Waals surface area (Å²) in [5, 5.41) is 19.2. The average molecular weight is 210 g/mol. The van der Waals surface area contributed by atoms with E-state index in [1.165, 1.54) is 0 Å². The van der Waals surface area contributed by atoms with Crippen molar-refractivity contribution in [1.29, 1.82) is 5.26 Å². The zero-order valence-corrected chi connectivity index (χ0v) is 10.0. The molecule has 3 heteroatoms. The molecule has 1 heterocycles. The Bertz CT molecular complexity index is 242. The van der Waals surface area contributed by atoms with E-state index in [1.807, 2.05) is 20.8 Å². The van der Waals surface area contributed by atoms with Crippen molar-refractivity contribution in [1.82, 2.24) is 4.90 Å². The van der Waals surface area contributed by atoms with Crippen molar-refractivity contribution in [2.45, 2.75) is 51.7 Å². The summed E-state index contributed by atoms with van der Waals surface area (Å²) in [5.41, 5.74) is -0.688. The Morgan fingerprint density at radius 1 is 1.53 bits per heavy atom. The van der Waals surface area contributed by atoms with Crippen LogP contribution >= 0.6 is 0 Å². The normalized spacial score (nSPS) is 27.3. The smallest absolute Gasteiger partial charge is 0.0978 e. The molecule has 0 aromatic rings. The number of rotatable bonds is 3. The second-order valence-electron chi connectivity index (χ2n) is 5.12. The van der Waals surface area contributed by atoms with E-state index >= 15 is 0 Å². The summed E-state index contributed by atoms with van der Waals surface area (Å²) in [5.74, 6) is 0.221. The van der Waals surface area contributed by atoms with Crippen molar-refractivity contribution in [3.8, 4) is 6.07 Å². The third-order valence-electron chi connectivity index (χ3n) is 3.53. The zero-order chi connectivity index (χ0) is 11.5. The molecule has 0 amide bonds. The van der Waals surface area contributed by atoms with Crippen molar-refractivity contribution in [3.63, 3.8) is 0 Å². The lowest BCUT2D eigenvalue weighted by Gasteiger charge is -2.38. The summed E-state index contributed by atoms with van der Waals surface area (Å²) in [4.78, 5) is 2.13. The molecule has 1 aliphatic heterocycles. The van der Waals surface area contributed by atoms with Crippen LogP contribution in [0.2, 0.25) is 0 Å². The van der Waals surface area contributed by atoms with E-state index in [2.05, 4.69) is 11.0 Å². The van der Waals surface area contributed by atoms with Crippen molar-refractivity contribution in [3.05, 3.63) is 0 Å². The molecule has 1 saturated heterocycles. The standard InChI is InChI=1S/C12H22N2O/c1-10(2)12(3,15)9-14-7-5-4-6-11(14)8-13/h10-11,15H,4-7,9H2,1-3H3. The third-order valence-corrected chi connectivity index (χ3v) is 3.53. The van der Waals surface area contributed by atoms with Crippen LogP contribution in [0.1, 0.15) is 40.0 Å². The summed E-state index contributed by atoms with van der Waals surface area (Å²) in [6.07, 6.45) is 3.23. The van der Waals surface area contributed by atoms with Crippen molar-refractivity contribution >= 4 is 0 Å². The van der Waals surface area contributed by atoms with E-state index in [9.17, 15) is 5.11 Å². The Balaban J connectivity index is 2.59. The number of hydrogen-bond acceptors (Lipinski definition) is 3. The molecule has 0 aromatic carbocycles. The number of aliphatic hydroxyl groups is 1. The van der Waals surface area contributed by atoms with Gasteiger partial charge in [-0.25, -0.2) is 0 Å². The maximum atomic E-state index is 10.2. The van der Waals surface area contributed by atoms with Gasteiger partial charge in [0.2, 0.25) is 0 Å².